The van der Waals surface area contributed by atoms with E-state index in [-0.39, 0.29) is 6.01 Å². The highest BCUT2D eigenvalue weighted by atomic mass is 16.5. The maximum absolute atomic E-state index is 5.88. The second kappa shape index (κ2) is 6.76. The van der Waals surface area contributed by atoms with Crippen LogP contribution in [0.2, 0.25) is 0 Å². The minimum atomic E-state index is 0.197. The Kier molecular flexibility index (Phi) is 4.32. The molecule has 5 nitrogen and oxygen atoms in total. The van der Waals surface area contributed by atoms with E-state index in [2.05, 4.69) is 28.9 Å². The Hall–Kier alpha value is -2.53. The van der Waals surface area contributed by atoms with Gasteiger partial charge in [-0.25, -0.2) is 0 Å². The highest BCUT2D eigenvalue weighted by Gasteiger charge is 2.17. The van der Waals surface area contributed by atoms with Gasteiger partial charge in [-0.15, -0.1) is 0 Å². The first-order valence-electron chi connectivity index (χ1n) is 8.79. The Bertz CT molecular complexity index is 857. The summed E-state index contributed by atoms with van der Waals surface area (Å²) < 4.78 is 11.3. The number of nitrogens with two attached hydrogens (primary N) is 1. The molecule has 1 saturated heterocycles. The van der Waals surface area contributed by atoms with Crippen molar-refractivity contribution in [3.05, 3.63) is 42.5 Å². The van der Waals surface area contributed by atoms with Crippen LogP contribution in [0, 0.1) is 5.92 Å². The van der Waals surface area contributed by atoms with Crippen molar-refractivity contribution in [3.63, 3.8) is 0 Å². The molecule has 0 bridgehead atoms. The Morgan fingerprint density at radius 2 is 2.00 bits per heavy atom. The maximum Gasteiger partial charge on any atom is 0.292 e. The Balaban J connectivity index is 1.38. The molecule has 5 heteroatoms. The van der Waals surface area contributed by atoms with Gasteiger partial charge in [-0.05, 0) is 54.3 Å². The molecule has 0 aliphatic carbocycles. The zero-order chi connectivity index (χ0) is 17.2. The number of anilines is 1. The van der Waals surface area contributed by atoms with Gasteiger partial charge in [-0.2, -0.15) is 4.98 Å². The molecule has 0 saturated carbocycles. The van der Waals surface area contributed by atoms with Crippen LogP contribution in [0.3, 0.4) is 0 Å². The van der Waals surface area contributed by atoms with Crippen molar-refractivity contribution in [2.45, 2.75) is 13.3 Å². The van der Waals surface area contributed by atoms with E-state index in [1.807, 2.05) is 30.3 Å². The number of rotatable bonds is 5. The van der Waals surface area contributed by atoms with Crippen LogP contribution in [0.5, 0.6) is 5.75 Å². The molecule has 4 rings (SSSR count). The molecule has 1 aromatic heterocycles. The summed E-state index contributed by atoms with van der Waals surface area (Å²) in [5.41, 5.74) is 9.26. The van der Waals surface area contributed by atoms with Gasteiger partial charge in [-0.3, -0.25) is 4.90 Å². The van der Waals surface area contributed by atoms with Crippen molar-refractivity contribution >= 4 is 17.1 Å². The van der Waals surface area contributed by atoms with Gasteiger partial charge in [0.25, 0.3) is 6.01 Å². The summed E-state index contributed by atoms with van der Waals surface area (Å²) in [4.78, 5) is 6.59. The first-order chi connectivity index (χ1) is 12.2. The average molecular weight is 337 g/mol. The van der Waals surface area contributed by atoms with Crippen LogP contribution in [-0.4, -0.2) is 36.1 Å². The fourth-order valence-corrected chi connectivity index (χ4v) is 3.39. The lowest BCUT2D eigenvalue weighted by molar-refractivity contribution is 0.234. The molecule has 2 aromatic carbocycles. The average Bonchev–Trinajstić information content (AvgIpc) is 3.19. The summed E-state index contributed by atoms with van der Waals surface area (Å²) in [7, 11) is 0. The first kappa shape index (κ1) is 16.0. The fourth-order valence-electron chi connectivity index (χ4n) is 3.39. The van der Waals surface area contributed by atoms with E-state index in [1.54, 1.807) is 0 Å². The van der Waals surface area contributed by atoms with Crippen LogP contribution in [0.1, 0.15) is 13.3 Å². The van der Waals surface area contributed by atoms with E-state index in [4.69, 9.17) is 14.9 Å². The van der Waals surface area contributed by atoms with Crippen molar-refractivity contribution in [3.8, 4) is 16.9 Å². The second-order valence-electron chi connectivity index (χ2n) is 6.80. The monoisotopic (exact) mass is 337 g/mol. The molecule has 1 unspecified atom stereocenters. The van der Waals surface area contributed by atoms with Crippen LogP contribution < -0.4 is 10.5 Å². The lowest BCUT2D eigenvalue weighted by Crippen LogP contribution is -2.25. The van der Waals surface area contributed by atoms with Crippen LogP contribution in [0.4, 0.5) is 6.01 Å². The van der Waals surface area contributed by atoms with Crippen LogP contribution >= 0.6 is 0 Å². The van der Waals surface area contributed by atoms with Crippen molar-refractivity contribution < 1.29 is 9.15 Å². The van der Waals surface area contributed by atoms with E-state index in [0.29, 0.717) is 5.58 Å². The number of oxazole rings is 1. The molecule has 2 heterocycles. The zero-order valence-electron chi connectivity index (χ0n) is 14.4. The largest absolute Gasteiger partial charge is 0.492 e. The van der Waals surface area contributed by atoms with Crippen molar-refractivity contribution in [2.75, 3.05) is 32.0 Å². The number of fused-ring (bicyclic) bond motifs is 1. The van der Waals surface area contributed by atoms with Crippen molar-refractivity contribution in [1.29, 1.82) is 0 Å². The summed E-state index contributed by atoms with van der Waals surface area (Å²) in [6, 6.07) is 14.3. The number of benzene rings is 2. The molecule has 130 valence electrons. The fraction of sp³-hybridized carbons (Fsp3) is 0.350. The van der Waals surface area contributed by atoms with Gasteiger partial charge in [0.1, 0.15) is 17.9 Å². The third-order valence-corrected chi connectivity index (χ3v) is 4.78. The summed E-state index contributed by atoms with van der Waals surface area (Å²) in [5.74, 6) is 1.72. The minimum absolute atomic E-state index is 0.197. The van der Waals surface area contributed by atoms with E-state index < -0.39 is 0 Å². The predicted octanol–water partition coefficient (Wildman–Crippen LogP) is 3.80. The number of hydrogen-bond acceptors (Lipinski definition) is 5. The molecular formula is C20H23N3O2. The number of nitrogens with zero attached hydrogens (tertiary/aromatic N) is 2. The topological polar surface area (TPSA) is 64.5 Å². The third kappa shape index (κ3) is 3.61. The van der Waals surface area contributed by atoms with Gasteiger partial charge < -0.3 is 14.9 Å². The maximum atomic E-state index is 5.88. The number of ether oxygens (including phenoxy) is 1. The van der Waals surface area contributed by atoms with Gasteiger partial charge in [0.05, 0.1) is 0 Å². The Morgan fingerprint density at radius 3 is 2.76 bits per heavy atom. The lowest BCUT2D eigenvalue weighted by atomic mass is 10.1. The smallest absolute Gasteiger partial charge is 0.292 e. The zero-order valence-corrected chi connectivity index (χ0v) is 14.4. The number of nitrogen functional groups attached to an aromatic ring is 1. The molecule has 3 aromatic rings. The summed E-state index contributed by atoms with van der Waals surface area (Å²) in [5, 5.41) is 0. The molecule has 25 heavy (non-hydrogen) atoms. The molecule has 2 N–H and O–H groups in total. The Morgan fingerprint density at radius 1 is 1.20 bits per heavy atom. The second-order valence-corrected chi connectivity index (χ2v) is 6.80. The van der Waals surface area contributed by atoms with E-state index in [9.17, 15) is 0 Å². The highest BCUT2D eigenvalue weighted by molar-refractivity contribution is 5.81. The summed E-state index contributed by atoms with van der Waals surface area (Å²) >= 11 is 0. The molecule has 0 radical (unpaired) electrons. The number of likely N-dealkylation sites (tertiary alicyclic amines) is 1. The van der Waals surface area contributed by atoms with Crippen molar-refractivity contribution in [2.24, 2.45) is 5.92 Å². The van der Waals surface area contributed by atoms with Crippen LogP contribution in [-0.2, 0) is 0 Å². The molecule has 1 aliphatic rings. The Labute approximate surface area is 147 Å². The van der Waals surface area contributed by atoms with Gasteiger partial charge in [-0.1, -0.05) is 25.1 Å². The lowest BCUT2D eigenvalue weighted by Gasteiger charge is -2.15. The normalized spacial score (nSPS) is 18.0. The molecule has 1 aliphatic heterocycles. The third-order valence-electron chi connectivity index (χ3n) is 4.78. The molecule has 0 amide bonds. The van der Waals surface area contributed by atoms with Gasteiger partial charge in [0.15, 0.2) is 5.58 Å². The standard InChI is InChI=1S/C20H23N3O2/c1-14-8-9-23(13-14)10-11-24-17-5-2-15(3-6-17)16-4-7-18-19(12-16)25-20(21)22-18/h2-7,12,14H,8-11,13H2,1H3,(H2,21,22). The minimum Gasteiger partial charge on any atom is -0.492 e. The van der Waals surface area contributed by atoms with Gasteiger partial charge in [0, 0.05) is 13.1 Å². The summed E-state index contributed by atoms with van der Waals surface area (Å²) in [6.07, 6.45) is 1.30. The summed E-state index contributed by atoms with van der Waals surface area (Å²) in [6.45, 7) is 6.42. The highest BCUT2D eigenvalue weighted by Crippen LogP contribution is 2.27. The van der Waals surface area contributed by atoms with E-state index >= 15 is 0 Å². The number of aromatic nitrogens is 1. The predicted molar refractivity (Wildman–Crippen MR) is 99.6 cm³/mol. The van der Waals surface area contributed by atoms with Gasteiger partial charge in [0.2, 0.25) is 0 Å². The molecule has 1 atom stereocenters. The quantitative estimate of drug-likeness (QED) is 0.767. The number of hydrogen-bond donors (Lipinski definition) is 1. The molecule has 1 fully saturated rings. The first-order valence-corrected chi connectivity index (χ1v) is 8.79. The van der Waals surface area contributed by atoms with Crippen LogP contribution in [0.15, 0.2) is 46.9 Å². The molecular weight excluding hydrogens is 314 g/mol. The molecule has 0 spiro atoms. The van der Waals surface area contributed by atoms with E-state index in [0.717, 1.165) is 41.5 Å². The van der Waals surface area contributed by atoms with Crippen molar-refractivity contribution in [1.82, 2.24) is 9.88 Å². The SMILES string of the molecule is CC1CCN(CCOc2ccc(-c3ccc4nc(N)oc4c3)cc2)C1. The van der Waals surface area contributed by atoms with Crippen LogP contribution in [0.25, 0.3) is 22.2 Å². The van der Waals surface area contributed by atoms with E-state index in [1.165, 1.54) is 19.5 Å². The van der Waals surface area contributed by atoms with Gasteiger partial charge >= 0.3 is 0 Å².